The van der Waals surface area contributed by atoms with Crippen LogP contribution in [0.1, 0.15) is 29.3 Å². The molecule has 0 saturated carbocycles. The predicted molar refractivity (Wildman–Crippen MR) is 94.1 cm³/mol. The Kier molecular flexibility index (Phi) is 4.65. The van der Waals surface area contributed by atoms with Crippen LogP contribution in [-0.4, -0.2) is 25.8 Å². The van der Waals surface area contributed by atoms with Crippen LogP contribution >= 0.6 is 0 Å². The molecule has 0 aliphatic heterocycles. The van der Waals surface area contributed by atoms with Gasteiger partial charge in [-0.2, -0.15) is 10.1 Å². The highest BCUT2D eigenvalue weighted by molar-refractivity contribution is 5.91. The van der Waals surface area contributed by atoms with Crippen molar-refractivity contribution < 1.29 is 9.32 Å². The van der Waals surface area contributed by atoms with E-state index < -0.39 is 0 Å². The molecule has 2 heterocycles. The zero-order valence-electron chi connectivity index (χ0n) is 14.8. The molecule has 0 aliphatic rings. The first-order valence-electron chi connectivity index (χ1n) is 8.13. The van der Waals surface area contributed by atoms with Crippen molar-refractivity contribution in [1.29, 1.82) is 0 Å². The third-order valence-electron chi connectivity index (χ3n) is 4.12. The number of hydrogen-bond acceptors (Lipinski definition) is 5. The van der Waals surface area contributed by atoms with E-state index in [2.05, 4.69) is 20.6 Å². The Hall–Kier alpha value is -2.96. The number of rotatable bonds is 5. The van der Waals surface area contributed by atoms with Crippen LogP contribution in [0, 0.1) is 20.8 Å². The fraction of sp³-hybridized carbons (Fsp3) is 0.333. The van der Waals surface area contributed by atoms with Crippen LogP contribution in [-0.2, 0) is 18.3 Å². The van der Waals surface area contributed by atoms with Crippen LogP contribution in [0.5, 0.6) is 0 Å². The van der Waals surface area contributed by atoms with Crippen molar-refractivity contribution in [3.63, 3.8) is 0 Å². The first kappa shape index (κ1) is 16.9. The number of nitrogens with one attached hydrogen (secondary N) is 1. The summed E-state index contributed by atoms with van der Waals surface area (Å²) in [4.78, 5) is 16.5. The summed E-state index contributed by atoms with van der Waals surface area (Å²) in [6.45, 7) is 5.81. The summed E-state index contributed by atoms with van der Waals surface area (Å²) in [5, 5.41) is 11.2. The van der Waals surface area contributed by atoms with Gasteiger partial charge in [-0.3, -0.25) is 9.48 Å². The quantitative estimate of drug-likeness (QED) is 0.772. The van der Waals surface area contributed by atoms with Crippen molar-refractivity contribution in [3.8, 4) is 11.4 Å². The lowest BCUT2D eigenvalue weighted by atomic mass is 10.1. The fourth-order valence-corrected chi connectivity index (χ4v) is 2.55. The number of aryl methyl sites for hydroxylation is 4. The van der Waals surface area contributed by atoms with E-state index in [1.165, 1.54) is 5.56 Å². The van der Waals surface area contributed by atoms with Gasteiger partial charge in [0, 0.05) is 25.5 Å². The van der Waals surface area contributed by atoms with Crippen molar-refractivity contribution in [1.82, 2.24) is 19.9 Å². The number of hydrogen-bond donors (Lipinski definition) is 1. The van der Waals surface area contributed by atoms with E-state index in [1.807, 2.05) is 52.1 Å². The second kappa shape index (κ2) is 6.88. The number of amides is 1. The molecule has 0 atom stereocenters. The normalized spacial score (nSPS) is 10.9. The Morgan fingerprint density at radius 2 is 1.92 bits per heavy atom. The van der Waals surface area contributed by atoms with Gasteiger partial charge in [0.05, 0.1) is 17.1 Å². The van der Waals surface area contributed by atoms with Crippen molar-refractivity contribution in [3.05, 3.63) is 47.1 Å². The Bertz CT molecular complexity index is 893. The van der Waals surface area contributed by atoms with Gasteiger partial charge < -0.3 is 9.84 Å². The van der Waals surface area contributed by atoms with E-state index in [9.17, 15) is 4.79 Å². The molecular weight excluding hydrogens is 318 g/mol. The van der Waals surface area contributed by atoms with Gasteiger partial charge in [-0.15, -0.1) is 0 Å². The van der Waals surface area contributed by atoms with Gasteiger partial charge in [-0.1, -0.05) is 35.0 Å². The van der Waals surface area contributed by atoms with Gasteiger partial charge >= 0.3 is 0 Å². The maximum atomic E-state index is 12.2. The lowest BCUT2D eigenvalue weighted by molar-refractivity contribution is -0.116. The van der Waals surface area contributed by atoms with E-state index >= 15 is 0 Å². The third-order valence-corrected chi connectivity index (χ3v) is 4.12. The molecular formula is C18H21N5O2. The summed E-state index contributed by atoms with van der Waals surface area (Å²) in [5.41, 5.74) is 4.55. The van der Waals surface area contributed by atoms with Crippen molar-refractivity contribution >= 4 is 11.6 Å². The van der Waals surface area contributed by atoms with Gasteiger partial charge in [-0.05, 0) is 20.8 Å². The monoisotopic (exact) mass is 339 g/mol. The summed E-state index contributed by atoms with van der Waals surface area (Å²) in [6, 6.07) is 7.89. The summed E-state index contributed by atoms with van der Waals surface area (Å²) in [7, 11) is 1.85. The number of nitrogens with zero attached hydrogens (tertiary/aromatic N) is 4. The van der Waals surface area contributed by atoms with Crippen LogP contribution in [0.3, 0.4) is 0 Å². The Morgan fingerprint density at radius 1 is 1.20 bits per heavy atom. The summed E-state index contributed by atoms with van der Waals surface area (Å²) >= 11 is 0. The van der Waals surface area contributed by atoms with E-state index in [0.29, 0.717) is 18.1 Å². The molecule has 25 heavy (non-hydrogen) atoms. The smallest absolute Gasteiger partial charge is 0.227 e. The number of carbonyl (C=O) groups excluding carboxylic acids is 1. The average molecular weight is 339 g/mol. The minimum Gasteiger partial charge on any atom is -0.339 e. The number of benzene rings is 1. The molecule has 7 nitrogen and oxygen atoms in total. The fourth-order valence-electron chi connectivity index (χ4n) is 2.55. The number of aromatic nitrogens is 4. The minimum atomic E-state index is -0.103. The van der Waals surface area contributed by atoms with Crippen LogP contribution in [0.4, 0.5) is 5.69 Å². The molecule has 1 aromatic carbocycles. The highest BCUT2D eigenvalue weighted by atomic mass is 16.5. The SMILES string of the molecule is Cc1ccc(-c2noc(CCC(=O)Nc3c(C)nn(C)c3C)n2)cc1. The maximum Gasteiger partial charge on any atom is 0.227 e. The lowest BCUT2D eigenvalue weighted by Gasteiger charge is -2.04. The highest BCUT2D eigenvalue weighted by Crippen LogP contribution is 2.19. The molecule has 1 N–H and O–H groups in total. The van der Waals surface area contributed by atoms with Gasteiger partial charge in [0.2, 0.25) is 17.6 Å². The molecule has 0 radical (unpaired) electrons. The van der Waals surface area contributed by atoms with Gasteiger partial charge in [0.25, 0.3) is 0 Å². The molecule has 0 spiro atoms. The van der Waals surface area contributed by atoms with Gasteiger partial charge in [-0.25, -0.2) is 0 Å². The molecule has 2 aromatic heterocycles. The van der Waals surface area contributed by atoms with Crippen LogP contribution in [0.2, 0.25) is 0 Å². The van der Waals surface area contributed by atoms with Gasteiger partial charge in [0.15, 0.2) is 0 Å². The zero-order valence-corrected chi connectivity index (χ0v) is 14.8. The molecule has 0 saturated heterocycles. The molecule has 130 valence electrons. The Balaban J connectivity index is 1.60. The van der Waals surface area contributed by atoms with Gasteiger partial charge in [0.1, 0.15) is 0 Å². The highest BCUT2D eigenvalue weighted by Gasteiger charge is 2.14. The van der Waals surface area contributed by atoms with Crippen molar-refractivity contribution in [2.45, 2.75) is 33.6 Å². The molecule has 3 rings (SSSR count). The number of anilines is 1. The van der Waals surface area contributed by atoms with Crippen molar-refractivity contribution in [2.24, 2.45) is 7.05 Å². The predicted octanol–water partition coefficient (Wildman–Crippen LogP) is 2.97. The standard InChI is InChI=1S/C18H21N5O2/c1-11-5-7-14(8-6-11)18-20-16(25-22-18)10-9-15(24)19-17-12(2)21-23(4)13(17)3/h5-8H,9-10H2,1-4H3,(H,19,24). The molecule has 0 aliphatic carbocycles. The number of carbonyl (C=O) groups is 1. The summed E-state index contributed by atoms with van der Waals surface area (Å²) in [6.07, 6.45) is 0.659. The first-order chi connectivity index (χ1) is 11.9. The largest absolute Gasteiger partial charge is 0.339 e. The Labute approximate surface area is 146 Å². The van der Waals surface area contributed by atoms with Crippen LogP contribution in [0.25, 0.3) is 11.4 Å². The zero-order chi connectivity index (χ0) is 18.0. The second-order valence-electron chi connectivity index (χ2n) is 6.10. The average Bonchev–Trinajstić information content (AvgIpc) is 3.14. The van der Waals surface area contributed by atoms with E-state index in [4.69, 9.17) is 4.52 Å². The lowest BCUT2D eigenvalue weighted by Crippen LogP contribution is -2.13. The molecule has 1 amide bonds. The third kappa shape index (κ3) is 3.76. The molecule has 7 heteroatoms. The van der Waals surface area contributed by atoms with Crippen LogP contribution in [0.15, 0.2) is 28.8 Å². The minimum absolute atomic E-state index is 0.103. The molecule has 0 bridgehead atoms. The Morgan fingerprint density at radius 3 is 2.56 bits per heavy atom. The van der Waals surface area contributed by atoms with Crippen molar-refractivity contribution in [2.75, 3.05) is 5.32 Å². The van der Waals surface area contributed by atoms with E-state index in [0.717, 1.165) is 22.6 Å². The van der Waals surface area contributed by atoms with E-state index in [-0.39, 0.29) is 12.3 Å². The summed E-state index contributed by atoms with van der Waals surface area (Å²) in [5.74, 6) is 0.883. The molecule has 0 fully saturated rings. The molecule has 3 aromatic rings. The maximum absolute atomic E-state index is 12.2. The van der Waals surface area contributed by atoms with Crippen LogP contribution < -0.4 is 5.32 Å². The molecule has 0 unspecified atom stereocenters. The second-order valence-corrected chi connectivity index (χ2v) is 6.10. The topological polar surface area (TPSA) is 85.8 Å². The summed E-state index contributed by atoms with van der Waals surface area (Å²) < 4.78 is 6.99. The first-order valence-corrected chi connectivity index (χ1v) is 8.13. The van der Waals surface area contributed by atoms with E-state index in [1.54, 1.807) is 4.68 Å².